The molecule has 3 aromatic heterocycles. The van der Waals surface area contributed by atoms with Crippen LogP contribution in [0.1, 0.15) is 13.8 Å². The average Bonchev–Trinajstić information content (AvgIpc) is 3.90. The van der Waals surface area contributed by atoms with Crippen LogP contribution < -0.4 is 0 Å². The predicted octanol–water partition coefficient (Wildman–Crippen LogP) is 11.2. The number of allylic oxidation sites excluding steroid dienone is 4. The highest BCUT2D eigenvalue weighted by Crippen LogP contribution is 2.38. The molecule has 0 bridgehead atoms. The third-order valence-electron chi connectivity index (χ3n) is 9.31. The first-order chi connectivity index (χ1) is 25.2. The van der Waals surface area contributed by atoms with Gasteiger partial charge in [-0.3, -0.25) is 13.7 Å². The molecule has 0 saturated carbocycles. The molecule has 0 N–H and O–H groups in total. The van der Waals surface area contributed by atoms with E-state index >= 15 is 0 Å². The highest BCUT2D eigenvalue weighted by atomic mass is 15.1. The molecular weight excluding hydrogens is 625 g/mol. The SMILES string of the molecule is C/C=C\C(=C/C)n1c(-c2cc(-c3nc4ccccc4n3-c3ccccc3)cc(-c3nc4ccccc4n3-c3ccccc3)c2)nc2ccccc21. The van der Waals surface area contributed by atoms with Crippen LogP contribution in [0.2, 0.25) is 0 Å². The minimum atomic E-state index is 0.843. The van der Waals surface area contributed by atoms with Crippen LogP contribution in [0, 0.1) is 0 Å². The predicted molar refractivity (Wildman–Crippen MR) is 210 cm³/mol. The van der Waals surface area contributed by atoms with Crippen molar-refractivity contribution in [2.24, 2.45) is 0 Å². The largest absolute Gasteiger partial charge is 0.293 e. The van der Waals surface area contributed by atoms with Crippen molar-refractivity contribution in [1.29, 1.82) is 0 Å². The zero-order valence-corrected chi connectivity index (χ0v) is 28.3. The highest BCUT2D eigenvalue weighted by Gasteiger charge is 2.22. The second-order valence-electron chi connectivity index (χ2n) is 12.5. The summed E-state index contributed by atoms with van der Waals surface area (Å²) in [5.74, 6) is 2.53. The van der Waals surface area contributed by atoms with E-state index in [1.54, 1.807) is 0 Å². The summed E-state index contributed by atoms with van der Waals surface area (Å²) in [4.78, 5) is 15.9. The summed E-state index contributed by atoms with van der Waals surface area (Å²) in [6, 6.07) is 52.5. The summed E-state index contributed by atoms with van der Waals surface area (Å²) < 4.78 is 6.75. The van der Waals surface area contributed by atoms with E-state index in [1.165, 1.54) is 0 Å². The third kappa shape index (κ3) is 5.16. The van der Waals surface area contributed by atoms with Crippen molar-refractivity contribution in [3.05, 3.63) is 170 Å². The Bertz CT molecular complexity index is 2630. The topological polar surface area (TPSA) is 53.5 Å². The smallest absolute Gasteiger partial charge is 0.145 e. The number of imidazole rings is 3. The Morgan fingerprint density at radius 2 is 0.843 bits per heavy atom. The Hall–Kier alpha value is -6.79. The van der Waals surface area contributed by atoms with E-state index in [-0.39, 0.29) is 0 Å². The number of nitrogens with zero attached hydrogens (tertiary/aromatic N) is 6. The van der Waals surface area contributed by atoms with Crippen LogP contribution in [0.3, 0.4) is 0 Å². The zero-order valence-electron chi connectivity index (χ0n) is 28.3. The van der Waals surface area contributed by atoms with E-state index in [2.05, 4.69) is 160 Å². The second kappa shape index (κ2) is 12.6. The first kappa shape index (κ1) is 30.3. The number of benzene rings is 6. The molecule has 9 rings (SSSR count). The summed E-state index contributed by atoms with van der Waals surface area (Å²) in [6.07, 6.45) is 6.33. The zero-order chi connectivity index (χ0) is 34.3. The van der Waals surface area contributed by atoms with Gasteiger partial charge in [-0.15, -0.1) is 0 Å². The summed E-state index contributed by atoms with van der Waals surface area (Å²) in [6.45, 7) is 4.11. The molecule has 6 heteroatoms. The summed E-state index contributed by atoms with van der Waals surface area (Å²) in [5.41, 5.74) is 11.9. The lowest BCUT2D eigenvalue weighted by molar-refractivity contribution is 1.09. The number of fused-ring (bicyclic) bond motifs is 3. The Balaban J connectivity index is 1.40. The Morgan fingerprint density at radius 1 is 0.451 bits per heavy atom. The lowest BCUT2D eigenvalue weighted by atomic mass is 10.0. The van der Waals surface area contributed by atoms with E-state index in [9.17, 15) is 0 Å². The molecule has 0 aliphatic carbocycles. The van der Waals surface area contributed by atoms with Crippen LogP contribution in [0.4, 0.5) is 0 Å². The van der Waals surface area contributed by atoms with E-state index in [4.69, 9.17) is 15.0 Å². The molecule has 3 heterocycles. The maximum absolute atomic E-state index is 5.28. The first-order valence-electron chi connectivity index (χ1n) is 17.2. The lowest BCUT2D eigenvalue weighted by Crippen LogP contribution is -2.02. The molecule has 244 valence electrons. The molecular formula is C45H34N6. The van der Waals surface area contributed by atoms with Gasteiger partial charge in [0, 0.05) is 33.8 Å². The molecule has 0 spiro atoms. The fraction of sp³-hybridized carbons (Fsp3) is 0.0444. The maximum atomic E-state index is 5.28. The summed E-state index contributed by atoms with van der Waals surface area (Å²) >= 11 is 0. The lowest BCUT2D eigenvalue weighted by Gasteiger charge is -2.15. The monoisotopic (exact) mass is 658 g/mol. The van der Waals surface area contributed by atoms with Crippen LogP contribution in [0.5, 0.6) is 0 Å². The van der Waals surface area contributed by atoms with Crippen LogP contribution in [-0.2, 0) is 0 Å². The van der Waals surface area contributed by atoms with Gasteiger partial charge >= 0.3 is 0 Å². The Labute approximate surface area is 295 Å². The van der Waals surface area contributed by atoms with E-state index in [0.29, 0.717) is 0 Å². The molecule has 0 radical (unpaired) electrons. The van der Waals surface area contributed by atoms with Gasteiger partial charge in [-0.1, -0.05) is 84.9 Å². The molecule has 0 amide bonds. The minimum Gasteiger partial charge on any atom is -0.293 e. The van der Waals surface area contributed by atoms with Gasteiger partial charge in [-0.05, 0) is 98.8 Å². The van der Waals surface area contributed by atoms with Gasteiger partial charge in [-0.25, -0.2) is 15.0 Å². The average molecular weight is 659 g/mol. The quantitative estimate of drug-likeness (QED) is 0.160. The molecule has 0 saturated heterocycles. The Kier molecular flexibility index (Phi) is 7.47. The van der Waals surface area contributed by atoms with Crippen molar-refractivity contribution in [1.82, 2.24) is 28.7 Å². The van der Waals surface area contributed by atoms with Crippen molar-refractivity contribution < 1.29 is 0 Å². The van der Waals surface area contributed by atoms with Gasteiger partial charge in [-0.2, -0.15) is 0 Å². The first-order valence-corrected chi connectivity index (χ1v) is 17.2. The third-order valence-corrected chi connectivity index (χ3v) is 9.31. The van der Waals surface area contributed by atoms with Gasteiger partial charge in [0.1, 0.15) is 17.5 Å². The minimum absolute atomic E-state index is 0.843. The van der Waals surface area contributed by atoms with Gasteiger partial charge in [0.25, 0.3) is 0 Å². The molecule has 0 fully saturated rings. The molecule has 0 aliphatic rings. The van der Waals surface area contributed by atoms with Crippen LogP contribution in [0.25, 0.3) is 84.3 Å². The molecule has 0 aliphatic heterocycles. The van der Waals surface area contributed by atoms with Crippen molar-refractivity contribution in [2.75, 3.05) is 0 Å². The number of para-hydroxylation sites is 8. The molecule has 9 aromatic rings. The van der Waals surface area contributed by atoms with E-state index < -0.39 is 0 Å². The fourth-order valence-electron chi connectivity index (χ4n) is 7.08. The fourth-order valence-corrected chi connectivity index (χ4v) is 7.08. The highest BCUT2D eigenvalue weighted by molar-refractivity contribution is 5.91. The maximum Gasteiger partial charge on any atom is 0.145 e. The van der Waals surface area contributed by atoms with Crippen molar-refractivity contribution in [3.8, 4) is 45.5 Å². The van der Waals surface area contributed by atoms with E-state index in [0.717, 1.165) is 84.3 Å². The van der Waals surface area contributed by atoms with Crippen LogP contribution in [-0.4, -0.2) is 28.7 Å². The van der Waals surface area contributed by atoms with Crippen molar-refractivity contribution in [3.63, 3.8) is 0 Å². The Morgan fingerprint density at radius 3 is 1.31 bits per heavy atom. The standard InChI is InChI=1S/C45H34N6/c1-3-17-34(4-2)49-40-25-14-11-22-37(40)46-43(49)31-28-32(44-47-38-23-12-15-26-41(38)50(44)35-18-7-5-8-19-35)30-33(29-31)45-48-39-24-13-16-27-42(39)51(45)36-20-9-6-10-21-36/h3-30H,1-2H3/b17-3-,34-4+. The van der Waals surface area contributed by atoms with Gasteiger partial charge in [0.2, 0.25) is 0 Å². The van der Waals surface area contributed by atoms with Gasteiger partial charge < -0.3 is 0 Å². The number of aromatic nitrogens is 6. The molecule has 6 aromatic carbocycles. The van der Waals surface area contributed by atoms with Crippen LogP contribution in [0.15, 0.2) is 170 Å². The molecule has 6 nitrogen and oxygen atoms in total. The normalized spacial score (nSPS) is 12.2. The summed E-state index contributed by atoms with van der Waals surface area (Å²) in [7, 11) is 0. The number of hydrogen-bond acceptors (Lipinski definition) is 3. The molecule has 0 unspecified atom stereocenters. The summed E-state index contributed by atoms with van der Waals surface area (Å²) in [5, 5.41) is 0. The van der Waals surface area contributed by atoms with Crippen LogP contribution >= 0.6 is 0 Å². The van der Waals surface area contributed by atoms with Crippen molar-refractivity contribution >= 4 is 38.8 Å². The number of rotatable bonds is 7. The van der Waals surface area contributed by atoms with E-state index in [1.807, 2.05) is 37.3 Å². The number of hydrogen-bond donors (Lipinski definition) is 0. The van der Waals surface area contributed by atoms with Gasteiger partial charge in [0.15, 0.2) is 0 Å². The van der Waals surface area contributed by atoms with Crippen molar-refractivity contribution in [2.45, 2.75) is 13.8 Å². The molecule has 51 heavy (non-hydrogen) atoms. The molecule has 0 atom stereocenters. The van der Waals surface area contributed by atoms with Gasteiger partial charge in [0.05, 0.1) is 33.1 Å². The second-order valence-corrected chi connectivity index (χ2v) is 12.5.